The molecule has 0 spiro atoms. The number of esters is 2. The highest BCUT2D eigenvalue weighted by Gasteiger charge is 2.11. The summed E-state index contributed by atoms with van der Waals surface area (Å²) in [4.78, 5) is 46.4. The molecule has 0 aliphatic rings. The molecule has 0 atom stereocenters. The fraction of sp³-hybridized carbons (Fsp3) is 0.263. The van der Waals surface area contributed by atoms with Gasteiger partial charge in [-0.25, -0.2) is 4.79 Å². The van der Waals surface area contributed by atoms with Crippen LogP contribution >= 0.6 is 0 Å². The number of methoxy groups -OCH3 is 1. The molecule has 28 heavy (non-hydrogen) atoms. The molecule has 1 heterocycles. The molecule has 9 heteroatoms. The fourth-order valence-corrected chi connectivity index (χ4v) is 2.15. The van der Waals surface area contributed by atoms with Crippen LogP contribution in [0.2, 0.25) is 0 Å². The molecule has 0 unspecified atom stereocenters. The van der Waals surface area contributed by atoms with Crippen LogP contribution in [0.5, 0.6) is 0 Å². The van der Waals surface area contributed by atoms with Crippen LogP contribution in [0.15, 0.2) is 47.1 Å². The standard InChI is InChI=1S/C19H20N2O7/c1-26-19(25)13-6-8-14(9-7-13)21-16(22)12-28-17(23)5-2-10-20-18(24)15-4-3-11-27-15/h3-4,6-9,11H,2,5,10,12H2,1H3,(H,20,24)(H,21,22). The SMILES string of the molecule is COC(=O)c1ccc(NC(=O)COC(=O)CCCNC(=O)c2ccco2)cc1. The lowest BCUT2D eigenvalue weighted by Crippen LogP contribution is -2.25. The number of ether oxygens (including phenoxy) is 2. The summed E-state index contributed by atoms with van der Waals surface area (Å²) in [5, 5.41) is 5.15. The number of amides is 2. The fourth-order valence-electron chi connectivity index (χ4n) is 2.15. The topological polar surface area (TPSA) is 124 Å². The maximum atomic E-state index is 11.8. The van der Waals surface area contributed by atoms with Gasteiger partial charge >= 0.3 is 11.9 Å². The lowest BCUT2D eigenvalue weighted by Gasteiger charge is -2.07. The molecule has 2 rings (SSSR count). The van der Waals surface area contributed by atoms with E-state index in [0.717, 1.165) is 0 Å². The number of hydrogen-bond donors (Lipinski definition) is 2. The lowest BCUT2D eigenvalue weighted by molar-refractivity contribution is -0.147. The second kappa shape index (κ2) is 10.5. The summed E-state index contributed by atoms with van der Waals surface area (Å²) in [5.41, 5.74) is 0.806. The zero-order valence-corrected chi connectivity index (χ0v) is 15.2. The van der Waals surface area contributed by atoms with E-state index in [1.54, 1.807) is 6.07 Å². The van der Waals surface area contributed by atoms with Crippen LogP contribution in [-0.2, 0) is 19.1 Å². The first-order valence-electron chi connectivity index (χ1n) is 8.45. The summed E-state index contributed by atoms with van der Waals surface area (Å²) in [6.45, 7) is -0.163. The third-order valence-corrected chi connectivity index (χ3v) is 3.54. The number of anilines is 1. The van der Waals surface area contributed by atoms with Crippen LogP contribution in [0.1, 0.15) is 33.8 Å². The first kappa shape index (κ1) is 20.7. The number of benzene rings is 1. The lowest BCUT2D eigenvalue weighted by atomic mass is 10.2. The van der Waals surface area contributed by atoms with Gasteiger partial charge in [0.05, 0.1) is 18.9 Å². The van der Waals surface area contributed by atoms with E-state index < -0.39 is 24.5 Å². The van der Waals surface area contributed by atoms with Gasteiger partial charge in [-0.3, -0.25) is 14.4 Å². The molecule has 2 N–H and O–H groups in total. The Bertz CT molecular complexity index is 813. The molecule has 9 nitrogen and oxygen atoms in total. The molecule has 0 saturated carbocycles. The van der Waals surface area contributed by atoms with Crippen molar-refractivity contribution in [2.24, 2.45) is 0 Å². The molecular formula is C19H20N2O7. The summed E-state index contributed by atoms with van der Waals surface area (Å²) < 4.78 is 14.4. The molecule has 148 valence electrons. The highest BCUT2D eigenvalue weighted by atomic mass is 16.5. The zero-order chi connectivity index (χ0) is 20.4. The van der Waals surface area contributed by atoms with Crippen LogP contribution in [0, 0.1) is 0 Å². The molecule has 1 aromatic heterocycles. The van der Waals surface area contributed by atoms with E-state index >= 15 is 0 Å². The van der Waals surface area contributed by atoms with Gasteiger partial charge in [0, 0.05) is 18.7 Å². The Morgan fingerprint density at radius 2 is 1.82 bits per heavy atom. The molecule has 2 amide bonds. The van der Waals surface area contributed by atoms with Crippen LogP contribution in [0.25, 0.3) is 0 Å². The maximum Gasteiger partial charge on any atom is 0.337 e. The number of hydrogen-bond acceptors (Lipinski definition) is 7. The van der Waals surface area contributed by atoms with Gasteiger partial charge in [-0.1, -0.05) is 0 Å². The van der Waals surface area contributed by atoms with Crippen molar-refractivity contribution >= 4 is 29.4 Å². The molecule has 0 aliphatic carbocycles. The largest absolute Gasteiger partial charge is 0.465 e. The van der Waals surface area contributed by atoms with Crippen molar-refractivity contribution in [3.05, 3.63) is 54.0 Å². The number of carbonyl (C=O) groups is 4. The van der Waals surface area contributed by atoms with Crippen LogP contribution in [0.3, 0.4) is 0 Å². The Morgan fingerprint density at radius 1 is 1.07 bits per heavy atom. The van der Waals surface area contributed by atoms with Crippen molar-refractivity contribution in [1.82, 2.24) is 5.32 Å². The van der Waals surface area contributed by atoms with Gasteiger partial charge in [-0.2, -0.15) is 0 Å². The first-order valence-corrected chi connectivity index (χ1v) is 8.45. The number of nitrogens with one attached hydrogen (secondary N) is 2. The van der Waals surface area contributed by atoms with Gasteiger partial charge in [0.15, 0.2) is 12.4 Å². The number of rotatable bonds is 9. The molecule has 0 fully saturated rings. The van der Waals surface area contributed by atoms with Crippen molar-refractivity contribution in [2.75, 3.05) is 25.6 Å². The van der Waals surface area contributed by atoms with Crippen LogP contribution in [0.4, 0.5) is 5.69 Å². The molecule has 0 bridgehead atoms. The maximum absolute atomic E-state index is 11.8. The van der Waals surface area contributed by atoms with Crippen LogP contribution in [-0.4, -0.2) is 44.0 Å². The highest BCUT2D eigenvalue weighted by Crippen LogP contribution is 2.10. The van der Waals surface area contributed by atoms with E-state index in [1.165, 1.54) is 43.7 Å². The quantitative estimate of drug-likeness (QED) is 0.495. The smallest absolute Gasteiger partial charge is 0.337 e. The second-order valence-electron chi connectivity index (χ2n) is 5.61. The summed E-state index contributed by atoms with van der Waals surface area (Å²) in [7, 11) is 1.28. The first-order chi connectivity index (χ1) is 13.5. The van der Waals surface area contributed by atoms with Crippen molar-refractivity contribution in [3.63, 3.8) is 0 Å². The van der Waals surface area contributed by atoms with Crippen molar-refractivity contribution in [3.8, 4) is 0 Å². The second-order valence-corrected chi connectivity index (χ2v) is 5.61. The van der Waals surface area contributed by atoms with Crippen molar-refractivity contribution < 1.29 is 33.1 Å². The zero-order valence-electron chi connectivity index (χ0n) is 15.2. The molecule has 2 aromatic rings. The Kier molecular flexibility index (Phi) is 7.77. The van der Waals surface area contributed by atoms with Crippen molar-refractivity contribution in [2.45, 2.75) is 12.8 Å². The van der Waals surface area contributed by atoms with Gasteiger partial charge in [0.2, 0.25) is 0 Å². The summed E-state index contributed by atoms with van der Waals surface area (Å²) in [6, 6.07) is 9.21. The normalized spacial score (nSPS) is 10.0. The van der Waals surface area contributed by atoms with Gasteiger partial charge in [0.1, 0.15) is 0 Å². The third kappa shape index (κ3) is 6.60. The highest BCUT2D eigenvalue weighted by molar-refractivity contribution is 5.94. The molecule has 0 saturated heterocycles. The monoisotopic (exact) mass is 388 g/mol. The van der Waals surface area contributed by atoms with E-state index in [9.17, 15) is 19.2 Å². The van der Waals surface area contributed by atoms with Gasteiger partial charge < -0.3 is 24.5 Å². The Balaban J connectivity index is 1.62. The average Bonchev–Trinajstić information content (AvgIpc) is 3.24. The Hall–Kier alpha value is -3.62. The third-order valence-electron chi connectivity index (χ3n) is 3.54. The molecule has 0 aliphatic heterocycles. The van der Waals surface area contributed by atoms with Crippen LogP contribution < -0.4 is 10.6 Å². The van der Waals surface area contributed by atoms with E-state index in [2.05, 4.69) is 15.4 Å². The predicted octanol–water partition coefficient (Wildman–Crippen LogP) is 1.76. The molecule has 1 aromatic carbocycles. The number of furan rings is 1. The van der Waals surface area contributed by atoms with E-state index in [1.807, 2.05) is 0 Å². The molecular weight excluding hydrogens is 368 g/mol. The number of carbonyl (C=O) groups excluding carboxylic acids is 4. The van der Waals surface area contributed by atoms with Gasteiger partial charge in [-0.05, 0) is 42.8 Å². The van der Waals surface area contributed by atoms with E-state index in [-0.39, 0.29) is 24.6 Å². The average molecular weight is 388 g/mol. The minimum absolute atomic E-state index is 0.0551. The Morgan fingerprint density at radius 3 is 2.46 bits per heavy atom. The summed E-state index contributed by atoms with van der Waals surface area (Å²) >= 11 is 0. The molecule has 0 radical (unpaired) electrons. The summed E-state index contributed by atoms with van der Waals surface area (Å²) in [5.74, 6) is -1.71. The van der Waals surface area contributed by atoms with E-state index in [4.69, 9.17) is 9.15 Å². The minimum atomic E-state index is -0.552. The van der Waals surface area contributed by atoms with Gasteiger partial charge in [0.25, 0.3) is 11.8 Å². The predicted molar refractivity (Wildman–Crippen MR) is 97.6 cm³/mol. The van der Waals surface area contributed by atoms with Crippen molar-refractivity contribution in [1.29, 1.82) is 0 Å². The summed E-state index contributed by atoms with van der Waals surface area (Å²) in [6.07, 6.45) is 1.81. The van der Waals surface area contributed by atoms with Gasteiger partial charge in [-0.15, -0.1) is 0 Å². The minimum Gasteiger partial charge on any atom is -0.465 e. The Labute approximate surface area is 161 Å². The van der Waals surface area contributed by atoms with E-state index in [0.29, 0.717) is 17.7 Å².